The van der Waals surface area contributed by atoms with Crippen molar-refractivity contribution in [2.45, 2.75) is 38.8 Å². The van der Waals surface area contributed by atoms with E-state index in [9.17, 15) is 9.18 Å². The second kappa shape index (κ2) is 6.42. The van der Waals surface area contributed by atoms with Crippen molar-refractivity contribution >= 4 is 17.7 Å². The standard InChI is InChI=1S/C16H22ClFN2O2/c1-16(2,3)22-15(21)20-7-6-11(9-20)14(19)10-4-5-13(18)12(17)8-10/h4-5,8,11,14H,6-7,9,19H2,1-3H3/t11-,14?/m0/s1. The Morgan fingerprint density at radius 1 is 1.50 bits per heavy atom. The van der Waals surface area contributed by atoms with Crippen LogP contribution in [0.3, 0.4) is 0 Å². The van der Waals surface area contributed by atoms with Crippen LogP contribution in [-0.2, 0) is 4.74 Å². The van der Waals surface area contributed by atoms with Gasteiger partial charge in [-0.3, -0.25) is 0 Å². The molecular formula is C16H22ClFN2O2. The molecule has 0 aliphatic carbocycles. The fourth-order valence-electron chi connectivity index (χ4n) is 2.56. The van der Waals surface area contributed by atoms with Gasteiger partial charge in [-0.25, -0.2) is 9.18 Å². The molecule has 1 aromatic carbocycles. The van der Waals surface area contributed by atoms with Crippen LogP contribution in [0.5, 0.6) is 0 Å². The lowest BCUT2D eigenvalue weighted by Gasteiger charge is -2.25. The van der Waals surface area contributed by atoms with Gasteiger partial charge in [-0.1, -0.05) is 17.7 Å². The first-order chi connectivity index (χ1) is 10.2. The number of rotatable bonds is 2. The fourth-order valence-corrected chi connectivity index (χ4v) is 2.75. The van der Waals surface area contributed by atoms with Gasteiger partial charge in [0.2, 0.25) is 0 Å². The second-order valence-corrected chi connectivity index (χ2v) is 7.08. The van der Waals surface area contributed by atoms with Gasteiger partial charge in [-0.2, -0.15) is 0 Å². The third-order valence-corrected chi connectivity index (χ3v) is 4.00. The molecule has 1 amide bonds. The molecule has 2 N–H and O–H groups in total. The Bertz CT molecular complexity index is 560. The van der Waals surface area contributed by atoms with Gasteiger partial charge in [-0.15, -0.1) is 0 Å². The summed E-state index contributed by atoms with van der Waals surface area (Å²) >= 11 is 5.80. The topological polar surface area (TPSA) is 55.6 Å². The van der Waals surface area contributed by atoms with Crippen molar-refractivity contribution < 1.29 is 13.9 Å². The zero-order chi connectivity index (χ0) is 16.5. The number of nitrogens with two attached hydrogens (primary N) is 1. The Hall–Kier alpha value is -1.33. The van der Waals surface area contributed by atoms with Gasteiger partial charge >= 0.3 is 6.09 Å². The van der Waals surface area contributed by atoms with Crippen LogP contribution >= 0.6 is 11.6 Å². The third-order valence-electron chi connectivity index (χ3n) is 3.71. The van der Waals surface area contributed by atoms with Crippen LogP contribution in [0.15, 0.2) is 18.2 Å². The molecule has 22 heavy (non-hydrogen) atoms. The maximum absolute atomic E-state index is 13.2. The summed E-state index contributed by atoms with van der Waals surface area (Å²) < 4.78 is 18.6. The number of benzene rings is 1. The van der Waals surface area contributed by atoms with Gasteiger partial charge in [0, 0.05) is 19.1 Å². The number of likely N-dealkylation sites (tertiary alicyclic amines) is 1. The van der Waals surface area contributed by atoms with Crippen LogP contribution < -0.4 is 5.73 Å². The quantitative estimate of drug-likeness (QED) is 0.899. The minimum atomic E-state index is -0.512. The Morgan fingerprint density at radius 2 is 2.18 bits per heavy atom. The SMILES string of the molecule is CC(C)(C)OC(=O)N1CC[C@H](C(N)c2ccc(F)c(Cl)c2)C1. The highest BCUT2D eigenvalue weighted by atomic mass is 35.5. The summed E-state index contributed by atoms with van der Waals surface area (Å²) in [6.45, 7) is 6.66. The first-order valence-electron chi connectivity index (χ1n) is 7.36. The van der Waals surface area contributed by atoms with E-state index in [0.717, 1.165) is 12.0 Å². The number of carbonyl (C=O) groups is 1. The second-order valence-electron chi connectivity index (χ2n) is 6.67. The number of halogens is 2. The highest BCUT2D eigenvalue weighted by molar-refractivity contribution is 6.30. The number of ether oxygens (including phenoxy) is 1. The molecule has 1 aliphatic rings. The molecule has 2 atom stereocenters. The molecule has 1 fully saturated rings. The molecule has 1 aliphatic heterocycles. The number of carbonyl (C=O) groups excluding carboxylic acids is 1. The minimum absolute atomic E-state index is 0.0648. The summed E-state index contributed by atoms with van der Waals surface area (Å²) in [5.41, 5.74) is 6.52. The van der Waals surface area contributed by atoms with E-state index in [1.807, 2.05) is 20.8 Å². The predicted molar refractivity (Wildman–Crippen MR) is 84.3 cm³/mol. The van der Waals surface area contributed by atoms with Crippen LogP contribution in [-0.4, -0.2) is 29.7 Å². The summed E-state index contributed by atoms with van der Waals surface area (Å²) in [6, 6.07) is 4.23. The van der Waals surface area contributed by atoms with E-state index in [4.69, 9.17) is 22.1 Å². The van der Waals surface area contributed by atoms with Crippen LogP contribution in [0.1, 0.15) is 38.8 Å². The average molecular weight is 329 g/mol. The van der Waals surface area contributed by atoms with Crippen molar-refractivity contribution in [3.63, 3.8) is 0 Å². The molecule has 122 valence electrons. The predicted octanol–water partition coefficient (Wildman–Crippen LogP) is 3.74. The van der Waals surface area contributed by atoms with E-state index >= 15 is 0 Å². The van der Waals surface area contributed by atoms with Crippen LogP contribution in [0.25, 0.3) is 0 Å². The Kier molecular flexibility index (Phi) is 4.97. The minimum Gasteiger partial charge on any atom is -0.444 e. The molecule has 1 aromatic rings. The lowest BCUT2D eigenvalue weighted by atomic mass is 9.93. The summed E-state index contributed by atoms with van der Waals surface area (Å²) in [7, 11) is 0. The molecule has 0 spiro atoms. The molecule has 1 unspecified atom stereocenters. The van der Waals surface area contributed by atoms with Gasteiger partial charge in [0.15, 0.2) is 0 Å². The van der Waals surface area contributed by atoms with Gasteiger partial charge in [0.05, 0.1) is 5.02 Å². The Labute approximate surface area is 135 Å². The average Bonchev–Trinajstić information content (AvgIpc) is 2.89. The van der Waals surface area contributed by atoms with E-state index < -0.39 is 11.4 Å². The van der Waals surface area contributed by atoms with E-state index in [-0.39, 0.29) is 23.1 Å². The third kappa shape index (κ3) is 4.11. The van der Waals surface area contributed by atoms with Crippen molar-refractivity contribution in [1.82, 2.24) is 4.90 Å². The summed E-state index contributed by atoms with van der Waals surface area (Å²) in [4.78, 5) is 13.7. The molecule has 0 saturated carbocycles. The highest BCUT2D eigenvalue weighted by Crippen LogP contribution is 2.30. The molecule has 6 heteroatoms. The van der Waals surface area contributed by atoms with Crippen molar-refractivity contribution in [2.75, 3.05) is 13.1 Å². The monoisotopic (exact) mass is 328 g/mol. The molecule has 0 bridgehead atoms. The van der Waals surface area contributed by atoms with Gasteiger partial charge in [0.25, 0.3) is 0 Å². The van der Waals surface area contributed by atoms with Crippen molar-refractivity contribution in [2.24, 2.45) is 11.7 Å². The van der Waals surface area contributed by atoms with E-state index in [2.05, 4.69) is 0 Å². The zero-order valence-electron chi connectivity index (χ0n) is 13.1. The van der Waals surface area contributed by atoms with E-state index in [1.165, 1.54) is 6.07 Å². The number of nitrogens with zero attached hydrogens (tertiary/aromatic N) is 1. The summed E-state index contributed by atoms with van der Waals surface area (Å²) in [5.74, 6) is -0.353. The van der Waals surface area contributed by atoms with Crippen molar-refractivity contribution in [3.05, 3.63) is 34.6 Å². The van der Waals surface area contributed by atoms with Gasteiger partial charge in [-0.05, 0) is 50.8 Å². The van der Waals surface area contributed by atoms with Crippen molar-refractivity contribution in [1.29, 1.82) is 0 Å². The van der Waals surface area contributed by atoms with E-state index in [1.54, 1.807) is 17.0 Å². The van der Waals surface area contributed by atoms with E-state index in [0.29, 0.717) is 13.1 Å². The zero-order valence-corrected chi connectivity index (χ0v) is 13.9. The molecule has 0 aromatic heterocycles. The molecule has 1 heterocycles. The van der Waals surface area contributed by atoms with Crippen LogP contribution in [0, 0.1) is 11.7 Å². The lowest BCUT2D eigenvalue weighted by Crippen LogP contribution is -2.36. The molecule has 1 saturated heterocycles. The number of amides is 1. The lowest BCUT2D eigenvalue weighted by molar-refractivity contribution is 0.0286. The highest BCUT2D eigenvalue weighted by Gasteiger charge is 2.33. The maximum Gasteiger partial charge on any atom is 0.410 e. The molecular weight excluding hydrogens is 307 g/mol. The molecule has 0 radical (unpaired) electrons. The van der Waals surface area contributed by atoms with Crippen LogP contribution in [0.4, 0.5) is 9.18 Å². The Balaban J connectivity index is 2.00. The molecule has 4 nitrogen and oxygen atoms in total. The first-order valence-corrected chi connectivity index (χ1v) is 7.73. The van der Waals surface area contributed by atoms with Gasteiger partial charge < -0.3 is 15.4 Å². The summed E-state index contributed by atoms with van der Waals surface area (Å²) in [6.07, 6.45) is 0.467. The van der Waals surface area contributed by atoms with Crippen LogP contribution in [0.2, 0.25) is 5.02 Å². The Morgan fingerprint density at radius 3 is 2.77 bits per heavy atom. The number of hydrogen-bond acceptors (Lipinski definition) is 3. The van der Waals surface area contributed by atoms with Gasteiger partial charge in [0.1, 0.15) is 11.4 Å². The largest absolute Gasteiger partial charge is 0.444 e. The smallest absolute Gasteiger partial charge is 0.410 e. The molecule has 2 rings (SSSR count). The number of hydrogen-bond donors (Lipinski definition) is 1. The maximum atomic E-state index is 13.2. The fraction of sp³-hybridized carbons (Fsp3) is 0.562. The first kappa shape index (κ1) is 17.0. The normalized spacial score (nSPS) is 20.1. The van der Waals surface area contributed by atoms with Crippen molar-refractivity contribution in [3.8, 4) is 0 Å². The summed E-state index contributed by atoms with van der Waals surface area (Å²) in [5, 5.41) is 0.0648.